The highest BCUT2D eigenvalue weighted by Crippen LogP contribution is 2.39. The maximum atomic E-state index is 14.2. The van der Waals surface area contributed by atoms with Crippen molar-refractivity contribution in [2.45, 2.75) is 38.1 Å². The molecular formula is C29H29FN4O4. The molecule has 2 saturated heterocycles. The zero-order chi connectivity index (χ0) is 26.7. The zero-order valence-electron chi connectivity index (χ0n) is 21.1. The lowest BCUT2D eigenvalue weighted by molar-refractivity contribution is -0.128. The molecular weight excluding hydrogens is 487 g/mol. The zero-order valence-corrected chi connectivity index (χ0v) is 21.1. The number of aromatic nitrogens is 1. The van der Waals surface area contributed by atoms with Crippen LogP contribution in [0.4, 0.5) is 4.39 Å². The van der Waals surface area contributed by atoms with Crippen LogP contribution in [0.15, 0.2) is 73.1 Å². The maximum Gasteiger partial charge on any atom is 0.257 e. The van der Waals surface area contributed by atoms with E-state index in [-0.39, 0.29) is 43.6 Å². The fourth-order valence-electron chi connectivity index (χ4n) is 5.18. The highest BCUT2D eigenvalue weighted by molar-refractivity contribution is 5.99. The van der Waals surface area contributed by atoms with Crippen molar-refractivity contribution in [2.75, 3.05) is 19.7 Å². The molecule has 1 aromatic heterocycles. The van der Waals surface area contributed by atoms with E-state index >= 15 is 0 Å². The van der Waals surface area contributed by atoms with Gasteiger partial charge in [0, 0.05) is 50.4 Å². The number of benzene rings is 2. The fourth-order valence-corrected chi connectivity index (χ4v) is 5.18. The number of amides is 3. The summed E-state index contributed by atoms with van der Waals surface area (Å²) in [5.41, 5.74) is 1.08. The lowest BCUT2D eigenvalue weighted by atomic mass is 9.95. The Morgan fingerprint density at radius 3 is 2.39 bits per heavy atom. The van der Waals surface area contributed by atoms with Gasteiger partial charge in [0.15, 0.2) is 0 Å². The Morgan fingerprint density at radius 1 is 1.00 bits per heavy atom. The van der Waals surface area contributed by atoms with Crippen molar-refractivity contribution in [3.63, 3.8) is 0 Å². The molecule has 0 bridgehead atoms. The predicted octanol–water partition coefficient (Wildman–Crippen LogP) is 3.32. The third-order valence-corrected chi connectivity index (χ3v) is 7.28. The van der Waals surface area contributed by atoms with Crippen LogP contribution in [0.1, 0.15) is 44.7 Å². The second-order valence-corrected chi connectivity index (χ2v) is 9.61. The number of hydrogen-bond acceptors (Lipinski definition) is 5. The lowest BCUT2D eigenvalue weighted by Gasteiger charge is -2.44. The van der Waals surface area contributed by atoms with Gasteiger partial charge in [-0.15, -0.1) is 0 Å². The number of hydrogen-bond donors (Lipinski definition) is 1. The van der Waals surface area contributed by atoms with Crippen LogP contribution in [0.2, 0.25) is 0 Å². The van der Waals surface area contributed by atoms with Crippen LogP contribution in [0.25, 0.3) is 0 Å². The molecule has 3 heterocycles. The summed E-state index contributed by atoms with van der Waals surface area (Å²) >= 11 is 0. The van der Waals surface area contributed by atoms with Gasteiger partial charge >= 0.3 is 0 Å². The third-order valence-electron chi connectivity index (χ3n) is 7.28. The number of ether oxygens (including phenoxy) is 1. The van der Waals surface area contributed by atoms with E-state index in [4.69, 9.17) is 4.74 Å². The van der Waals surface area contributed by atoms with Crippen molar-refractivity contribution in [2.24, 2.45) is 0 Å². The van der Waals surface area contributed by atoms with Crippen molar-refractivity contribution in [1.29, 1.82) is 0 Å². The van der Waals surface area contributed by atoms with Gasteiger partial charge in [-0.3, -0.25) is 24.3 Å². The van der Waals surface area contributed by atoms with Crippen molar-refractivity contribution < 1.29 is 23.5 Å². The average molecular weight is 517 g/mol. The van der Waals surface area contributed by atoms with E-state index in [9.17, 15) is 18.8 Å². The van der Waals surface area contributed by atoms with Crippen molar-refractivity contribution in [1.82, 2.24) is 20.1 Å². The molecule has 0 saturated carbocycles. The number of carbonyl (C=O) groups is 3. The molecule has 196 valence electrons. The largest absolute Gasteiger partial charge is 0.353 e. The van der Waals surface area contributed by atoms with Crippen LogP contribution in [0.3, 0.4) is 0 Å². The quantitative estimate of drug-likeness (QED) is 0.562. The summed E-state index contributed by atoms with van der Waals surface area (Å²) in [5.74, 6) is -1.59. The minimum Gasteiger partial charge on any atom is -0.353 e. The Labute approximate surface area is 220 Å². The number of halogens is 1. The number of aryl methyl sites for hydroxylation is 1. The van der Waals surface area contributed by atoms with Crippen LogP contribution in [0.5, 0.6) is 0 Å². The number of pyridine rings is 1. The minimum atomic E-state index is -1.05. The molecule has 2 aliphatic heterocycles. The summed E-state index contributed by atoms with van der Waals surface area (Å²) in [6, 6.07) is 15.9. The summed E-state index contributed by atoms with van der Waals surface area (Å²) < 4.78 is 20.5. The summed E-state index contributed by atoms with van der Waals surface area (Å²) in [7, 11) is 0. The first-order valence-electron chi connectivity index (χ1n) is 12.6. The predicted molar refractivity (Wildman–Crippen MR) is 137 cm³/mol. The highest BCUT2D eigenvalue weighted by atomic mass is 19.1. The lowest BCUT2D eigenvalue weighted by Crippen LogP contribution is -2.59. The van der Waals surface area contributed by atoms with Crippen LogP contribution in [0, 0.1) is 12.7 Å². The van der Waals surface area contributed by atoms with Gasteiger partial charge in [0.25, 0.3) is 11.8 Å². The van der Waals surface area contributed by atoms with Crippen molar-refractivity contribution in [3.05, 3.63) is 101 Å². The first-order chi connectivity index (χ1) is 18.4. The SMILES string of the molecule is Cc1ccccc1C(=O)N1[C@@H](C(=O)NCc2cccnc2)COC12CCN(C(=O)c1ccccc1F)CC2. The van der Waals surface area contributed by atoms with E-state index in [1.165, 1.54) is 18.2 Å². The van der Waals surface area contributed by atoms with Gasteiger partial charge in [-0.25, -0.2) is 4.39 Å². The smallest absolute Gasteiger partial charge is 0.257 e. The Morgan fingerprint density at radius 2 is 1.71 bits per heavy atom. The molecule has 5 rings (SSSR count). The Kier molecular flexibility index (Phi) is 7.20. The number of nitrogens with one attached hydrogen (secondary N) is 1. The number of likely N-dealkylation sites (tertiary alicyclic amines) is 1. The molecule has 8 nitrogen and oxygen atoms in total. The van der Waals surface area contributed by atoms with E-state index < -0.39 is 23.5 Å². The molecule has 38 heavy (non-hydrogen) atoms. The van der Waals surface area contributed by atoms with Crippen LogP contribution in [-0.4, -0.2) is 64.0 Å². The van der Waals surface area contributed by atoms with Gasteiger partial charge in [0.05, 0.1) is 12.2 Å². The van der Waals surface area contributed by atoms with E-state index in [2.05, 4.69) is 10.3 Å². The topological polar surface area (TPSA) is 91.8 Å². The van der Waals surface area contributed by atoms with Crippen molar-refractivity contribution >= 4 is 17.7 Å². The molecule has 9 heteroatoms. The fraction of sp³-hybridized carbons (Fsp3) is 0.310. The Balaban J connectivity index is 1.38. The number of rotatable bonds is 5. The molecule has 0 unspecified atom stereocenters. The van der Waals surface area contributed by atoms with Gasteiger partial charge in [-0.2, -0.15) is 0 Å². The molecule has 2 aromatic carbocycles. The van der Waals surface area contributed by atoms with E-state index in [1.54, 1.807) is 46.5 Å². The van der Waals surface area contributed by atoms with E-state index in [0.717, 1.165) is 11.1 Å². The van der Waals surface area contributed by atoms with Gasteiger partial charge in [-0.1, -0.05) is 36.4 Å². The number of nitrogens with zero attached hydrogens (tertiary/aromatic N) is 3. The van der Waals surface area contributed by atoms with Gasteiger partial charge in [0.2, 0.25) is 5.91 Å². The normalized spacial score (nSPS) is 18.4. The van der Waals surface area contributed by atoms with Crippen LogP contribution >= 0.6 is 0 Å². The molecule has 0 aliphatic carbocycles. The van der Waals surface area contributed by atoms with Gasteiger partial charge in [-0.05, 0) is 42.3 Å². The molecule has 3 aromatic rings. The van der Waals surface area contributed by atoms with Crippen LogP contribution < -0.4 is 5.32 Å². The van der Waals surface area contributed by atoms with Crippen molar-refractivity contribution in [3.8, 4) is 0 Å². The Bertz CT molecular complexity index is 1340. The number of carbonyl (C=O) groups excluding carboxylic acids is 3. The summed E-state index contributed by atoms with van der Waals surface area (Å²) in [6.07, 6.45) is 3.94. The first kappa shape index (κ1) is 25.5. The molecule has 3 amide bonds. The van der Waals surface area contributed by atoms with E-state index in [1.807, 2.05) is 25.1 Å². The third kappa shape index (κ3) is 4.89. The minimum absolute atomic E-state index is 0.0105. The standard InChI is InChI=1S/C29H29FN4O4/c1-20-7-2-3-9-22(20)28(37)34-25(26(35)32-18-21-8-6-14-31-17-21)19-38-29(34)12-15-33(16-13-29)27(36)23-10-4-5-11-24(23)30/h2-11,14,17,25H,12-13,15-16,18-19H2,1H3,(H,32,35)/t25-/m1/s1. The van der Waals surface area contributed by atoms with Gasteiger partial charge in [0.1, 0.15) is 17.6 Å². The highest BCUT2D eigenvalue weighted by Gasteiger charge is 2.54. The van der Waals surface area contributed by atoms with Gasteiger partial charge < -0.3 is 15.0 Å². The average Bonchev–Trinajstić information content (AvgIpc) is 3.31. The summed E-state index contributed by atoms with van der Waals surface area (Å²) in [4.78, 5) is 47.5. The molecule has 1 N–H and O–H groups in total. The molecule has 0 radical (unpaired) electrons. The molecule has 1 atom stereocenters. The second-order valence-electron chi connectivity index (χ2n) is 9.61. The second kappa shape index (κ2) is 10.7. The first-order valence-corrected chi connectivity index (χ1v) is 12.6. The molecule has 2 fully saturated rings. The Hall–Kier alpha value is -4.11. The monoisotopic (exact) mass is 516 g/mol. The number of piperidine rings is 1. The molecule has 2 aliphatic rings. The van der Waals surface area contributed by atoms with Crippen LogP contribution in [-0.2, 0) is 16.1 Å². The summed E-state index contributed by atoms with van der Waals surface area (Å²) in [6.45, 7) is 2.68. The maximum absolute atomic E-state index is 14.2. The molecule has 1 spiro atoms. The van der Waals surface area contributed by atoms with E-state index in [0.29, 0.717) is 18.4 Å². The summed E-state index contributed by atoms with van der Waals surface area (Å²) in [5, 5.41) is 2.91.